The van der Waals surface area contributed by atoms with Gasteiger partial charge in [0.25, 0.3) is 0 Å². The van der Waals surface area contributed by atoms with Crippen LogP contribution in [0.15, 0.2) is 73.2 Å². The van der Waals surface area contributed by atoms with Gasteiger partial charge in [-0.25, -0.2) is 24.3 Å². The maximum atomic E-state index is 13.4. The molecular formula is C26H20F4N8. The topological polar surface area (TPSA) is 92.6 Å². The lowest BCUT2D eigenvalue weighted by atomic mass is 10.1. The number of hydrogen-bond acceptors (Lipinski definition) is 8. The van der Waals surface area contributed by atoms with Crippen molar-refractivity contribution in [1.82, 2.24) is 29.9 Å². The summed E-state index contributed by atoms with van der Waals surface area (Å²) in [7, 11) is 0. The second kappa shape index (κ2) is 10.3. The molecule has 3 heterocycles. The van der Waals surface area contributed by atoms with Gasteiger partial charge in [0, 0.05) is 35.8 Å². The van der Waals surface area contributed by atoms with Gasteiger partial charge in [0.2, 0.25) is 5.95 Å². The van der Waals surface area contributed by atoms with E-state index in [0.717, 1.165) is 5.56 Å². The van der Waals surface area contributed by atoms with Gasteiger partial charge in [-0.3, -0.25) is 0 Å². The monoisotopic (exact) mass is 520 g/mol. The Morgan fingerprint density at radius 1 is 0.868 bits per heavy atom. The van der Waals surface area contributed by atoms with Crippen LogP contribution < -0.4 is 10.2 Å². The van der Waals surface area contributed by atoms with Crippen LogP contribution in [-0.2, 0) is 0 Å². The summed E-state index contributed by atoms with van der Waals surface area (Å²) in [6.07, 6.45) is 0.213. The summed E-state index contributed by atoms with van der Waals surface area (Å²) in [4.78, 5) is 28.0. The molecule has 3 aromatic heterocycles. The van der Waals surface area contributed by atoms with Crippen LogP contribution in [0.1, 0.15) is 6.92 Å². The molecule has 0 saturated carbocycles. The molecule has 0 amide bonds. The van der Waals surface area contributed by atoms with Crippen molar-refractivity contribution in [3.63, 3.8) is 0 Å². The smallest absolute Gasteiger partial charge is 0.359 e. The summed E-state index contributed by atoms with van der Waals surface area (Å²) in [5.41, 5.74) is 2.48. The highest BCUT2D eigenvalue weighted by Crippen LogP contribution is 2.30. The quantitative estimate of drug-likeness (QED) is 0.269. The number of rotatable bonds is 7. The molecule has 0 aliphatic carbocycles. The van der Waals surface area contributed by atoms with Crippen LogP contribution in [0.5, 0.6) is 0 Å². The van der Waals surface area contributed by atoms with Crippen molar-refractivity contribution < 1.29 is 17.6 Å². The number of benzene rings is 2. The highest BCUT2D eigenvalue weighted by Gasteiger charge is 2.28. The zero-order valence-electron chi connectivity index (χ0n) is 20.0. The standard InChI is InChI=1S/C26H20F4N8/c1-2-38(19-6-3-5-17(13-19)22-31-11-4-12-32-22)25-36-23-21(24(37-25)34-15-26(28,29)30)35-20(14-33-23)16-7-9-18(27)10-8-16/h3-14H,2,15H2,1H3,(H,33,34,36,37). The van der Waals surface area contributed by atoms with Crippen molar-refractivity contribution >= 4 is 28.6 Å². The molecule has 5 rings (SSSR count). The van der Waals surface area contributed by atoms with Gasteiger partial charge in [-0.1, -0.05) is 12.1 Å². The molecule has 0 radical (unpaired) electrons. The molecule has 1 N–H and O–H groups in total. The second-order valence-corrected chi connectivity index (χ2v) is 8.14. The van der Waals surface area contributed by atoms with Gasteiger partial charge in [-0.15, -0.1) is 0 Å². The van der Waals surface area contributed by atoms with E-state index in [4.69, 9.17) is 0 Å². The predicted molar refractivity (Wildman–Crippen MR) is 135 cm³/mol. The van der Waals surface area contributed by atoms with Gasteiger partial charge in [0.1, 0.15) is 12.4 Å². The van der Waals surface area contributed by atoms with Gasteiger partial charge < -0.3 is 10.2 Å². The molecule has 5 aromatic rings. The van der Waals surface area contributed by atoms with E-state index < -0.39 is 18.5 Å². The van der Waals surface area contributed by atoms with Crippen LogP contribution in [0.2, 0.25) is 0 Å². The highest BCUT2D eigenvalue weighted by atomic mass is 19.4. The average Bonchev–Trinajstić information content (AvgIpc) is 2.92. The minimum absolute atomic E-state index is 0.0577. The third-order valence-corrected chi connectivity index (χ3v) is 5.53. The summed E-state index contributed by atoms with van der Waals surface area (Å²) in [5, 5.41) is 2.34. The van der Waals surface area contributed by atoms with E-state index in [0.29, 0.717) is 29.3 Å². The number of aromatic nitrogens is 6. The second-order valence-electron chi connectivity index (χ2n) is 8.14. The number of anilines is 3. The Morgan fingerprint density at radius 3 is 2.34 bits per heavy atom. The fourth-order valence-electron chi connectivity index (χ4n) is 3.78. The zero-order valence-corrected chi connectivity index (χ0v) is 20.0. The number of nitrogens with zero attached hydrogens (tertiary/aromatic N) is 7. The summed E-state index contributed by atoms with van der Waals surface area (Å²) < 4.78 is 52.7. The molecule has 192 valence electrons. The Bertz CT molecular complexity index is 1560. The first-order chi connectivity index (χ1) is 18.3. The first-order valence-corrected chi connectivity index (χ1v) is 11.6. The van der Waals surface area contributed by atoms with Crippen molar-refractivity contribution in [2.45, 2.75) is 13.1 Å². The number of nitrogens with one attached hydrogen (secondary N) is 1. The van der Waals surface area contributed by atoms with Crippen LogP contribution in [0.3, 0.4) is 0 Å². The lowest BCUT2D eigenvalue weighted by molar-refractivity contribution is -0.115. The van der Waals surface area contributed by atoms with Crippen LogP contribution in [-0.4, -0.2) is 49.2 Å². The normalized spacial score (nSPS) is 11.5. The SMILES string of the molecule is CCN(c1cccc(-c2ncccn2)c1)c1nc(NCC(F)(F)F)c2nc(-c3ccc(F)cc3)cnc2n1. The lowest BCUT2D eigenvalue weighted by Crippen LogP contribution is -2.24. The van der Waals surface area contributed by atoms with E-state index in [1.165, 1.54) is 30.5 Å². The number of fused-ring (bicyclic) bond motifs is 1. The summed E-state index contributed by atoms with van der Waals surface area (Å²) in [6, 6.07) is 14.6. The maximum absolute atomic E-state index is 13.4. The molecule has 0 fully saturated rings. The first-order valence-electron chi connectivity index (χ1n) is 11.6. The zero-order chi connectivity index (χ0) is 26.7. The molecule has 0 aliphatic heterocycles. The molecule has 38 heavy (non-hydrogen) atoms. The van der Waals surface area contributed by atoms with E-state index in [1.807, 2.05) is 31.2 Å². The minimum Gasteiger partial charge on any atom is -0.359 e. The molecule has 0 bridgehead atoms. The molecule has 0 unspecified atom stereocenters. The van der Waals surface area contributed by atoms with Gasteiger partial charge in [-0.05, 0) is 49.4 Å². The van der Waals surface area contributed by atoms with Crippen LogP contribution in [0, 0.1) is 5.82 Å². The van der Waals surface area contributed by atoms with Crippen molar-refractivity contribution in [3.8, 4) is 22.6 Å². The Hall–Kier alpha value is -4.74. The van der Waals surface area contributed by atoms with Crippen molar-refractivity contribution in [2.24, 2.45) is 0 Å². The molecule has 0 saturated heterocycles. The average molecular weight is 520 g/mol. The molecule has 0 spiro atoms. The van der Waals surface area contributed by atoms with E-state index in [1.54, 1.807) is 23.4 Å². The third kappa shape index (κ3) is 5.48. The first kappa shape index (κ1) is 24.9. The molecular weight excluding hydrogens is 500 g/mol. The predicted octanol–water partition coefficient (Wildman–Crippen LogP) is 5.82. The number of halogens is 4. The molecule has 12 heteroatoms. The van der Waals surface area contributed by atoms with Crippen molar-refractivity contribution in [1.29, 1.82) is 0 Å². The molecule has 2 aromatic carbocycles. The van der Waals surface area contributed by atoms with E-state index in [9.17, 15) is 17.6 Å². The Kier molecular flexibility index (Phi) is 6.77. The maximum Gasteiger partial charge on any atom is 0.405 e. The van der Waals surface area contributed by atoms with E-state index >= 15 is 0 Å². The fraction of sp³-hybridized carbons (Fsp3) is 0.154. The minimum atomic E-state index is -4.49. The summed E-state index contributed by atoms with van der Waals surface area (Å²) in [6.45, 7) is 0.948. The lowest BCUT2D eigenvalue weighted by Gasteiger charge is -2.22. The van der Waals surface area contributed by atoms with Crippen LogP contribution in [0.4, 0.5) is 35.0 Å². The molecule has 0 atom stereocenters. The van der Waals surface area contributed by atoms with Crippen molar-refractivity contribution in [3.05, 3.63) is 79.0 Å². The summed E-state index contributed by atoms with van der Waals surface area (Å²) in [5.74, 6) is 0.113. The van der Waals surface area contributed by atoms with Crippen molar-refractivity contribution in [2.75, 3.05) is 23.3 Å². The fourth-order valence-corrected chi connectivity index (χ4v) is 3.78. The van der Waals surface area contributed by atoms with Gasteiger partial charge in [0.05, 0.1) is 11.9 Å². The van der Waals surface area contributed by atoms with E-state index in [2.05, 4.69) is 35.2 Å². The van der Waals surface area contributed by atoms with Gasteiger partial charge in [-0.2, -0.15) is 23.1 Å². The van der Waals surface area contributed by atoms with Gasteiger partial charge >= 0.3 is 6.18 Å². The highest BCUT2D eigenvalue weighted by molar-refractivity contribution is 5.86. The molecule has 0 aliphatic rings. The Labute approximate surface area is 214 Å². The Balaban J connectivity index is 1.59. The van der Waals surface area contributed by atoms with Crippen LogP contribution in [0.25, 0.3) is 33.8 Å². The molecule has 8 nitrogen and oxygen atoms in total. The number of hydrogen-bond donors (Lipinski definition) is 1. The third-order valence-electron chi connectivity index (χ3n) is 5.53. The van der Waals surface area contributed by atoms with Gasteiger partial charge in [0.15, 0.2) is 22.8 Å². The van der Waals surface area contributed by atoms with Crippen LogP contribution >= 0.6 is 0 Å². The number of alkyl halides is 3. The van der Waals surface area contributed by atoms with E-state index in [-0.39, 0.29) is 22.9 Å². The Morgan fingerprint density at radius 2 is 1.63 bits per heavy atom. The largest absolute Gasteiger partial charge is 0.405 e. The summed E-state index contributed by atoms with van der Waals surface area (Å²) >= 11 is 0.